The van der Waals surface area contributed by atoms with Crippen LogP contribution in [0, 0.1) is 10.8 Å². The van der Waals surface area contributed by atoms with E-state index in [2.05, 4.69) is 11.6 Å². The highest BCUT2D eigenvalue weighted by atomic mass is 16.1. The number of nitrogens with two attached hydrogens (primary N) is 3. The van der Waals surface area contributed by atoms with E-state index >= 15 is 0 Å². The standard InChI is InChI=1S/C17H23N7O/c1-9(16(22)25)5-13(20)12(7-19)11(3)17-23-14(8-24(17)4)15(21)10(2)6-18/h5-8,18-19H,1,20-21H2,2-4H3,(H2,22,25)/b12-11+,13-5+,15-10-,18-6?,19-7?. The van der Waals surface area contributed by atoms with Gasteiger partial charge in [0.25, 0.3) is 0 Å². The van der Waals surface area contributed by atoms with Crippen LogP contribution in [0.15, 0.2) is 41.3 Å². The monoisotopic (exact) mass is 341 g/mol. The summed E-state index contributed by atoms with van der Waals surface area (Å²) >= 11 is 0. The van der Waals surface area contributed by atoms with Crippen LogP contribution in [0.3, 0.4) is 0 Å². The Balaban J connectivity index is 3.48. The molecule has 0 saturated heterocycles. The van der Waals surface area contributed by atoms with Crippen LogP contribution in [0.5, 0.6) is 0 Å². The third kappa shape index (κ3) is 4.31. The van der Waals surface area contributed by atoms with E-state index in [0.717, 1.165) is 12.4 Å². The lowest BCUT2D eigenvalue weighted by Gasteiger charge is -2.09. The molecule has 1 aromatic rings. The zero-order valence-corrected chi connectivity index (χ0v) is 14.6. The molecule has 1 heterocycles. The number of hydrogen-bond acceptors (Lipinski definition) is 6. The molecule has 8 heteroatoms. The number of carbonyl (C=O) groups is 1. The minimum Gasteiger partial charge on any atom is -0.398 e. The largest absolute Gasteiger partial charge is 0.398 e. The van der Waals surface area contributed by atoms with Crippen molar-refractivity contribution in [2.75, 3.05) is 0 Å². The van der Waals surface area contributed by atoms with Crippen molar-refractivity contribution in [3.8, 4) is 0 Å². The Hall–Kier alpha value is -3.42. The van der Waals surface area contributed by atoms with E-state index in [0.29, 0.717) is 33.9 Å². The molecule has 8 N–H and O–H groups in total. The highest BCUT2D eigenvalue weighted by Crippen LogP contribution is 2.22. The summed E-state index contributed by atoms with van der Waals surface area (Å²) in [4.78, 5) is 15.6. The molecule has 0 fully saturated rings. The molecule has 0 bridgehead atoms. The molecule has 132 valence electrons. The third-order valence-electron chi connectivity index (χ3n) is 3.63. The van der Waals surface area contributed by atoms with Gasteiger partial charge in [-0.25, -0.2) is 4.98 Å². The molecule has 0 spiro atoms. The van der Waals surface area contributed by atoms with Gasteiger partial charge in [0.1, 0.15) is 11.5 Å². The van der Waals surface area contributed by atoms with E-state index in [1.54, 1.807) is 31.7 Å². The fourth-order valence-electron chi connectivity index (χ4n) is 2.09. The quantitative estimate of drug-likeness (QED) is 0.285. The molecule has 1 aromatic heterocycles. The van der Waals surface area contributed by atoms with Crippen molar-refractivity contribution < 1.29 is 4.79 Å². The van der Waals surface area contributed by atoms with Gasteiger partial charge in [-0.1, -0.05) is 6.58 Å². The summed E-state index contributed by atoms with van der Waals surface area (Å²) in [5, 5.41) is 14.9. The molecule has 0 aromatic carbocycles. The SMILES string of the molecule is C=C(/C=C(N)\C(C=N)=C(/C)c1nc(/C(N)=C(\C)C=N)cn1C)C(N)=O. The maximum Gasteiger partial charge on any atom is 0.248 e. The van der Waals surface area contributed by atoms with E-state index < -0.39 is 5.91 Å². The molecule has 0 unspecified atom stereocenters. The molecule has 0 radical (unpaired) electrons. The van der Waals surface area contributed by atoms with E-state index in [1.165, 1.54) is 6.08 Å². The molecule has 0 aliphatic carbocycles. The van der Waals surface area contributed by atoms with Crippen LogP contribution in [-0.4, -0.2) is 27.9 Å². The van der Waals surface area contributed by atoms with Crippen LogP contribution in [0.2, 0.25) is 0 Å². The van der Waals surface area contributed by atoms with Gasteiger partial charge in [-0.05, 0) is 25.5 Å². The van der Waals surface area contributed by atoms with Gasteiger partial charge in [0, 0.05) is 48.1 Å². The highest BCUT2D eigenvalue weighted by molar-refractivity contribution is 5.97. The molecule has 25 heavy (non-hydrogen) atoms. The number of rotatable bonds is 7. The maximum absolute atomic E-state index is 11.1. The van der Waals surface area contributed by atoms with Crippen LogP contribution in [0.25, 0.3) is 11.3 Å². The summed E-state index contributed by atoms with van der Waals surface area (Å²) in [5.41, 5.74) is 19.8. The van der Waals surface area contributed by atoms with E-state index in [-0.39, 0.29) is 11.3 Å². The van der Waals surface area contributed by atoms with Crippen LogP contribution in [0.4, 0.5) is 0 Å². The summed E-state index contributed by atoms with van der Waals surface area (Å²) in [6.07, 6.45) is 5.28. The fourth-order valence-corrected chi connectivity index (χ4v) is 2.09. The number of nitrogens with zero attached hydrogens (tertiary/aromatic N) is 2. The molecular weight excluding hydrogens is 318 g/mol. The summed E-state index contributed by atoms with van der Waals surface area (Å²) in [6, 6.07) is 0. The van der Waals surface area contributed by atoms with Gasteiger partial charge in [0.15, 0.2) is 0 Å². The van der Waals surface area contributed by atoms with Crippen LogP contribution in [0.1, 0.15) is 25.4 Å². The lowest BCUT2D eigenvalue weighted by molar-refractivity contribution is -0.114. The van der Waals surface area contributed by atoms with Crippen LogP contribution < -0.4 is 17.2 Å². The Morgan fingerprint density at radius 2 is 1.84 bits per heavy atom. The molecule has 0 aliphatic heterocycles. The number of amides is 1. The molecule has 8 nitrogen and oxygen atoms in total. The first kappa shape index (κ1) is 19.6. The summed E-state index contributed by atoms with van der Waals surface area (Å²) in [7, 11) is 1.78. The number of allylic oxidation sites excluding steroid dienone is 3. The van der Waals surface area contributed by atoms with Crippen molar-refractivity contribution in [3.05, 3.63) is 52.8 Å². The first-order chi connectivity index (χ1) is 11.6. The zero-order valence-electron chi connectivity index (χ0n) is 14.6. The molecule has 1 amide bonds. The maximum atomic E-state index is 11.1. The number of primary amides is 1. The Kier molecular flexibility index (Phi) is 6.21. The second-order valence-corrected chi connectivity index (χ2v) is 5.47. The molecule has 0 saturated carbocycles. The van der Waals surface area contributed by atoms with Gasteiger partial charge < -0.3 is 32.6 Å². The first-order valence-corrected chi connectivity index (χ1v) is 7.32. The molecule has 0 atom stereocenters. The normalized spacial score (nSPS) is 13.6. The van der Waals surface area contributed by atoms with Gasteiger partial charge in [-0.2, -0.15) is 0 Å². The Morgan fingerprint density at radius 1 is 1.24 bits per heavy atom. The van der Waals surface area contributed by atoms with Crippen molar-refractivity contribution in [3.63, 3.8) is 0 Å². The fraction of sp³-hybridized carbons (Fsp3) is 0.176. The zero-order chi connectivity index (χ0) is 19.3. The Bertz CT molecular complexity index is 837. The predicted molar refractivity (Wildman–Crippen MR) is 101 cm³/mol. The van der Waals surface area contributed by atoms with Crippen molar-refractivity contribution in [1.29, 1.82) is 10.8 Å². The van der Waals surface area contributed by atoms with Crippen molar-refractivity contribution in [2.24, 2.45) is 24.2 Å². The second-order valence-electron chi connectivity index (χ2n) is 5.47. The topological polar surface area (TPSA) is 161 Å². The average molecular weight is 341 g/mol. The number of hydrogen-bond donors (Lipinski definition) is 5. The minimum atomic E-state index is -0.691. The van der Waals surface area contributed by atoms with Gasteiger partial charge in [-0.3, -0.25) is 4.79 Å². The number of aromatic nitrogens is 2. The molecule has 1 rings (SSSR count). The van der Waals surface area contributed by atoms with Crippen LogP contribution in [-0.2, 0) is 11.8 Å². The molecular formula is C17H23N7O. The highest BCUT2D eigenvalue weighted by Gasteiger charge is 2.14. The van der Waals surface area contributed by atoms with E-state index in [9.17, 15) is 4.79 Å². The first-order valence-electron chi connectivity index (χ1n) is 7.32. The number of imidazole rings is 1. The lowest BCUT2D eigenvalue weighted by Crippen LogP contribution is -2.14. The predicted octanol–water partition coefficient (Wildman–Crippen LogP) is 1.07. The van der Waals surface area contributed by atoms with Gasteiger partial charge in [0.2, 0.25) is 5.91 Å². The number of carbonyl (C=O) groups excluding carboxylic acids is 1. The smallest absolute Gasteiger partial charge is 0.248 e. The minimum absolute atomic E-state index is 0.0407. The third-order valence-corrected chi connectivity index (χ3v) is 3.63. The van der Waals surface area contributed by atoms with Crippen LogP contribution >= 0.6 is 0 Å². The summed E-state index contributed by atoms with van der Waals surface area (Å²) < 4.78 is 1.74. The van der Waals surface area contributed by atoms with Crippen molar-refractivity contribution in [2.45, 2.75) is 13.8 Å². The average Bonchev–Trinajstić information content (AvgIpc) is 2.95. The van der Waals surface area contributed by atoms with E-state index in [4.69, 9.17) is 28.0 Å². The number of aryl methyl sites for hydroxylation is 1. The van der Waals surface area contributed by atoms with Gasteiger partial charge >= 0.3 is 0 Å². The molecule has 0 aliphatic rings. The summed E-state index contributed by atoms with van der Waals surface area (Å²) in [6.45, 7) is 7.00. The Morgan fingerprint density at radius 3 is 2.32 bits per heavy atom. The Labute approximate surface area is 146 Å². The van der Waals surface area contributed by atoms with E-state index in [1.807, 2.05) is 0 Å². The number of nitrogens with one attached hydrogen (secondary N) is 2. The summed E-state index contributed by atoms with van der Waals surface area (Å²) in [5.74, 6) is -0.139. The van der Waals surface area contributed by atoms with Gasteiger partial charge in [-0.15, -0.1) is 0 Å². The van der Waals surface area contributed by atoms with Gasteiger partial charge in [0.05, 0.1) is 5.70 Å². The lowest BCUT2D eigenvalue weighted by atomic mass is 10.0. The second kappa shape index (κ2) is 7.91. The van der Waals surface area contributed by atoms with Crippen molar-refractivity contribution in [1.82, 2.24) is 9.55 Å². The van der Waals surface area contributed by atoms with Crippen molar-refractivity contribution >= 4 is 29.6 Å².